The molecule has 25 heavy (non-hydrogen) atoms. The van der Waals surface area contributed by atoms with Gasteiger partial charge in [0.15, 0.2) is 5.13 Å². The van der Waals surface area contributed by atoms with Crippen LogP contribution in [0.2, 0.25) is 5.02 Å². The molecule has 0 amide bonds. The van der Waals surface area contributed by atoms with Crippen LogP contribution < -0.4 is 10.0 Å². The minimum absolute atomic E-state index is 0.175. The number of anilines is 2. The molecule has 1 aromatic heterocycles. The maximum atomic E-state index is 14.5. The van der Waals surface area contributed by atoms with Crippen molar-refractivity contribution in [2.45, 2.75) is 43.5 Å². The molecule has 1 saturated carbocycles. The lowest BCUT2D eigenvalue weighted by molar-refractivity contribution is 0.349. The lowest BCUT2D eigenvalue weighted by Gasteiger charge is -2.30. The Bertz CT molecular complexity index is 843. The van der Waals surface area contributed by atoms with Gasteiger partial charge in [-0.3, -0.25) is 4.72 Å². The average Bonchev–Trinajstić information content (AvgIpc) is 3.04. The van der Waals surface area contributed by atoms with Gasteiger partial charge in [0, 0.05) is 17.6 Å². The quantitative estimate of drug-likeness (QED) is 0.757. The zero-order valence-electron chi connectivity index (χ0n) is 13.6. The Morgan fingerprint density at radius 3 is 2.76 bits per heavy atom. The Balaban J connectivity index is 1.84. The van der Waals surface area contributed by atoms with E-state index in [4.69, 9.17) is 11.6 Å². The highest BCUT2D eigenvalue weighted by Crippen LogP contribution is 2.33. The van der Waals surface area contributed by atoms with E-state index < -0.39 is 20.7 Å². The lowest BCUT2D eigenvalue weighted by atomic mass is 9.86. The fourth-order valence-corrected chi connectivity index (χ4v) is 5.18. The van der Waals surface area contributed by atoms with Crippen molar-refractivity contribution in [3.8, 4) is 0 Å². The van der Waals surface area contributed by atoms with Crippen LogP contribution in [0.5, 0.6) is 0 Å². The molecule has 0 saturated heterocycles. The predicted octanol–water partition coefficient (Wildman–Crippen LogP) is 4.73. The van der Waals surface area contributed by atoms with Gasteiger partial charge in [0.05, 0.1) is 10.7 Å². The number of hydrogen-bond donors (Lipinski definition) is 2. The van der Waals surface area contributed by atoms with Crippen LogP contribution in [0.25, 0.3) is 0 Å². The number of aromatic nitrogens is 1. The summed E-state index contributed by atoms with van der Waals surface area (Å²) in [6.07, 6.45) is 5.88. The van der Waals surface area contributed by atoms with E-state index in [9.17, 15) is 12.8 Å². The molecular weight excluding hydrogens is 385 g/mol. The molecule has 0 spiro atoms. The summed E-state index contributed by atoms with van der Waals surface area (Å²) in [6.45, 7) is 2.15. The molecule has 0 unspecified atom stereocenters. The first-order valence-electron chi connectivity index (χ1n) is 8.05. The van der Waals surface area contributed by atoms with E-state index in [2.05, 4.69) is 21.9 Å². The zero-order chi connectivity index (χ0) is 18.0. The Kier molecular flexibility index (Phi) is 5.50. The van der Waals surface area contributed by atoms with E-state index in [1.807, 2.05) is 0 Å². The van der Waals surface area contributed by atoms with E-state index >= 15 is 0 Å². The second-order valence-corrected chi connectivity index (χ2v) is 9.17. The van der Waals surface area contributed by atoms with Crippen LogP contribution >= 0.6 is 22.9 Å². The topological polar surface area (TPSA) is 71.1 Å². The van der Waals surface area contributed by atoms with E-state index in [1.165, 1.54) is 12.6 Å². The van der Waals surface area contributed by atoms with Gasteiger partial charge in [-0.2, -0.15) is 0 Å². The second-order valence-electron chi connectivity index (χ2n) is 6.22. The fraction of sp³-hybridized carbons (Fsp3) is 0.438. The van der Waals surface area contributed by atoms with E-state index in [-0.39, 0.29) is 16.2 Å². The van der Waals surface area contributed by atoms with Crippen LogP contribution in [0.4, 0.5) is 15.2 Å². The van der Waals surface area contributed by atoms with Gasteiger partial charge in [-0.1, -0.05) is 31.4 Å². The van der Waals surface area contributed by atoms with Gasteiger partial charge in [-0.15, -0.1) is 11.3 Å². The van der Waals surface area contributed by atoms with Crippen molar-refractivity contribution in [2.24, 2.45) is 5.92 Å². The molecule has 0 radical (unpaired) electrons. The normalized spacial score (nSPS) is 21.1. The van der Waals surface area contributed by atoms with Gasteiger partial charge in [-0.25, -0.2) is 17.8 Å². The minimum Gasteiger partial charge on any atom is -0.381 e. The number of nitrogens with zero attached hydrogens (tertiary/aromatic N) is 1. The Labute approximate surface area is 155 Å². The van der Waals surface area contributed by atoms with Crippen LogP contribution in [0, 0.1) is 11.7 Å². The van der Waals surface area contributed by atoms with E-state index in [0.717, 1.165) is 42.7 Å². The summed E-state index contributed by atoms with van der Waals surface area (Å²) in [7, 11) is -4.09. The van der Waals surface area contributed by atoms with Gasteiger partial charge < -0.3 is 5.32 Å². The monoisotopic (exact) mass is 403 g/mol. The van der Waals surface area contributed by atoms with Crippen molar-refractivity contribution in [2.75, 3.05) is 10.0 Å². The van der Waals surface area contributed by atoms with Crippen molar-refractivity contribution in [3.63, 3.8) is 0 Å². The Hall–Kier alpha value is -1.38. The molecule has 1 fully saturated rings. The lowest BCUT2D eigenvalue weighted by Crippen LogP contribution is -2.30. The number of sulfonamides is 1. The fourth-order valence-electron chi connectivity index (χ4n) is 3.02. The van der Waals surface area contributed by atoms with Crippen LogP contribution in [0.15, 0.2) is 28.6 Å². The van der Waals surface area contributed by atoms with E-state index in [0.29, 0.717) is 11.6 Å². The number of thiazole rings is 1. The van der Waals surface area contributed by atoms with Crippen LogP contribution in [-0.2, 0) is 10.0 Å². The molecule has 1 aromatic carbocycles. The first-order valence-corrected chi connectivity index (χ1v) is 10.8. The number of nitrogens with one attached hydrogen (secondary N) is 2. The van der Waals surface area contributed by atoms with E-state index in [1.54, 1.807) is 5.38 Å². The largest absolute Gasteiger partial charge is 0.381 e. The number of benzene rings is 1. The highest BCUT2D eigenvalue weighted by atomic mass is 35.5. The third-order valence-corrected chi connectivity index (χ3v) is 6.90. The SMILES string of the molecule is C[C@H]1CCCC[C@@H]1Nc1cc(F)c(S(=O)(=O)Nc2nccs2)cc1Cl. The summed E-state index contributed by atoms with van der Waals surface area (Å²) < 4.78 is 41.4. The summed E-state index contributed by atoms with van der Waals surface area (Å²) in [6, 6.07) is 2.50. The second kappa shape index (κ2) is 7.47. The van der Waals surface area contributed by atoms with Crippen LogP contribution in [0.1, 0.15) is 32.6 Å². The molecule has 3 rings (SSSR count). The molecule has 2 atom stereocenters. The average molecular weight is 404 g/mol. The van der Waals surface area contributed by atoms with Crippen LogP contribution in [0.3, 0.4) is 0 Å². The van der Waals surface area contributed by atoms with Gasteiger partial charge in [0.25, 0.3) is 10.0 Å². The highest BCUT2D eigenvalue weighted by Gasteiger charge is 2.25. The highest BCUT2D eigenvalue weighted by molar-refractivity contribution is 7.93. The van der Waals surface area contributed by atoms with Crippen molar-refractivity contribution >= 4 is 43.8 Å². The molecule has 1 heterocycles. The Morgan fingerprint density at radius 1 is 1.32 bits per heavy atom. The van der Waals surface area contributed by atoms with Gasteiger partial charge >= 0.3 is 0 Å². The summed E-state index contributed by atoms with van der Waals surface area (Å²) in [4.78, 5) is 3.35. The summed E-state index contributed by atoms with van der Waals surface area (Å²) in [5.41, 5.74) is 0.422. The first-order chi connectivity index (χ1) is 11.9. The molecule has 0 bridgehead atoms. The summed E-state index contributed by atoms with van der Waals surface area (Å²) >= 11 is 7.33. The standard InChI is InChI=1S/C16H19ClFN3O2S2/c1-10-4-2-3-5-13(10)20-14-9-12(18)15(8-11(14)17)25(22,23)21-16-19-6-7-24-16/h6-10,13,20H,2-5H2,1H3,(H,19,21)/t10-,13-/m0/s1. The maximum Gasteiger partial charge on any atom is 0.266 e. The predicted molar refractivity (Wildman–Crippen MR) is 99.4 cm³/mol. The number of halogens is 2. The minimum atomic E-state index is -4.09. The molecule has 9 heteroatoms. The smallest absolute Gasteiger partial charge is 0.266 e. The van der Waals surface area contributed by atoms with Gasteiger partial charge in [0.1, 0.15) is 10.7 Å². The molecule has 1 aliphatic rings. The molecule has 2 aromatic rings. The first kappa shape index (κ1) is 18.4. The van der Waals surface area contributed by atoms with Crippen molar-refractivity contribution in [1.82, 2.24) is 4.98 Å². The molecular formula is C16H19ClFN3O2S2. The number of hydrogen-bond acceptors (Lipinski definition) is 5. The molecule has 0 aliphatic heterocycles. The zero-order valence-corrected chi connectivity index (χ0v) is 16.0. The summed E-state index contributed by atoms with van der Waals surface area (Å²) in [5.74, 6) is -0.387. The molecule has 1 aliphatic carbocycles. The molecule has 2 N–H and O–H groups in total. The number of rotatable bonds is 5. The Morgan fingerprint density at radius 2 is 2.08 bits per heavy atom. The third-order valence-electron chi connectivity index (χ3n) is 4.42. The van der Waals surface area contributed by atoms with Crippen molar-refractivity contribution < 1.29 is 12.8 Å². The molecule has 136 valence electrons. The van der Waals surface area contributed by atoms with Crippen molar-refractivity contribution in [3.05, 3.63) is 34.5 Å². The van der Waals surface area contributed by atoms with Gasteiger partial charge in [-0.05, 0) is 30.9 Å². The summed E-state index contributed by atoms with van der Waals surface area (Å²) in [5, 5.41) is 5.25. The maximum absolute atomic E-state index is 14.5. The van der Waals surface area contributed by atoms with Gasteiger partial charge in [0.2, 0.25) is 0 Å². The van der Waals surface area contributed by atoms with Crippen molar-refractivity contribution in [1.29, 1.82) is 0 Å². The third kappa shape index (κ3) is 4.24. The molecule has 5 nitrogen and oxygen atoms in total. The van der Waals surface area contributed by atoms with Crippen LogP contribution in [-0.4, -0.2) is 19.4 Å².